The summed E-state index contributed by atoms with van der Waals surface area (Å²) in [6.07, 6.45) is 6.25. The highest BCUT2D eigenvalue weighted by Crippen LogP contribution is 2.20. The Morgan fingerprint density at radius 1 is 1.19 bits per heavy atom. The molecule has 1 aliphatic rings. The number of nitrogens with zero attached hydrogens (tertiary/aromatic N) is 3. The Balaban J connectivity index is 1.57. The van der Waals surface area contributed by atoms with Gasteiger partial charge in [-0.2, -0.15) is 0 Å². The molecule has 1 atom stereocenters. The summed E-state index contributed by atoms with van der Waals surface area (Å²) in [5, 5.41) is 2.82. The molecule has 1 saturated heterocycles. The van der Waals surface area contributed by atoms with Gasteiger partial charge < -0.3 is 5.32 Å². The summed E-state index contributed by atoms with van der Waals surface area (Å²) >= 11 is 0. The predicted octanol–water partition coefficient (Wildman–Crippen LogP) is 3.53. The molecule has 2 heterocycles. The summed E-state index contributed by atoms with van der Waals surface area (Å²) in [7, 11) is 0. The number of piperidine rings is 1. The van der Waals surface area contributed by atoms with Crippen LogP contribution in [0.25, 0.3) is 0 Å². The van der Waals surface area contributed by atoms with E-state index in [1.165, 1.54) is 30.9 Å². The lowest BCUT2D eigenvalue weighted by atomic mass is 10.0. The molecule has 1 N–H and O–H groups in total. The van der Waals surface area contributed by atoms with E-state index in [1.807, 2.05) is 24.5 Å². The maximum atomic E-state index is 11.1. The molecule has 1 unspecified atom stereocenters. The number of rotatable bonds is 7. The van der Waals surface area contributed by atoms with Crippen molar-refractivity contribution in [3.8, 4) is 0 Å². The van der Waals surface area contributed by atoms with Crippen molar-refractivity contribution in [2.75, 3.05) is 25.0 Å². The van der Waals surface area contributed by atoms with E-state index in [0.29, 0.717) is 6.04 Å². The summed E-state index contributed by atoms with van der Waals surface area (Å²) in [5.41, 5.74) is 3.48. The molecule has 1 amide bonds. The number of pyridine rings is 1. The van der Waals surface area contributed by atoms with Crippen molar-refractivity contribution in [3.05, 3.63) is 59.9 Å². The minimum absolute atomic E-state index is 0.0320. The molecule has 0 saturated carbocycles. The second-order valence-corrected chi connectivity index (χ2v) is 7.33. The average Bonchev–Trinajstić information content (AvgIpc) is 2.68. The quantitative estimate of drug-likeness (QED) is 0.814. The molecule has 1 fully saturated rings. The SMILES string of the molecule is CCN(Cc1ccncc1)C1CCCN(Cc2ccc(NC(C)=O)cc2)C1. The van der Waals surface area contributed by atoms with Crippen LogP contribution in [0.2, 0.25) is 0 Å². The zero-order valence-electron chi connectivity index (χ0n) is 16.4. The first-order chi connectivity index (χ1) is 13.1. The number of nitrogens with one attached hydrogen (secondary N) is 1. The van der Waals surface area contributed by atoms with E-state index in [4.69, 9.17) is 0 Å². The van der Waals surface area contributed by atoms with Gasteiger partial charge in [0.25, 0.3) is 0 Å². The molecule has 0 bridgehead atoms. The minimum Gasteiger partial charge on any atom is -0.326 e. The number of hydrogen-bond acceptors (Lipinski definition) is 4. The van der Waals surface area contributed by atoms with E-state index in [-0.39, 0.29) is 5.91 Å². The van der Waals surface area contributed by atoms with Gasteiger partial charge in [0, 0.05) is 50.7 Å². The standard InChI is InChI=1S/C22H30N4O/c1-3-26(16-20-10-12-23-13-11-20)22-5-4-14-25(17-22)15-19-6-8-21(9-7-19)24-18(2)27/h6-13,22H,3-5,14-17H2,1-2H3,(H,24,27). The van der Waals surface area contributed by atoms with Crippen molar-refractivity contribution in [1.82, 2.24) is 14.8 Å². The van der Waals surface area contributed by atoms with E-state index < -0.39 is 0 Å². The van der Waals surface area contributed by atoms with Gasteiger partial charge >= 0.3 is 0 Å². The second kappa shape index (κ2) is 9.62. The van der Waals surface area contributed by atoms with Gasteiger partial charge in [-0.05, 0) is 61.3 Å². The number of likely N-dealkylation sites (tertiary alicyclic amines) is 1. The largest absolute Gasteiger partial charge is 0.326 e. The Morgan fingerprint density at radius 2 is 1.93 bits per heavy atom. The van der Waals surface area contributed by atoms with Gasteiger partial charge in [0.15, 0.2) is 0 Å². The summed E-state index contributed by atoms with van der Waals surface area (Å²) in [4.78, 5) is 20.4. The Bertz CT molecular complexity index is 717. The Hall–Kier alpha value is -2.24. The van der Waals surface area contributed by atoms with Crippen LogP contribution in [0.15, 0.2) is 48.8 Å². The molecule has 5 nitrogen and oxygen atoms in total. The van der Waals surface area contributed by atoms with Gasteiger partial charge in [-0.15, -0.1) is 0 Å². The van der Waals surface area contributed by atoms with Crippen molar-refractivity contribution in [3.63, 3.8) is 0 Å². The molecule has 27 heavy (non-hydrogen) atoms. The maximum Gasteiger partial charge on any atom is 0.221 e. The monoisotopic (exact) mass is 366 g/mol. The molecule has 1 aromatic carbocycles. The number of benzene rings is 1. The van der Waals surface area contributed by atoms with Crippen LogP contribution in [-0.4, -0.2) is 46.4 Å². The Labute approximate surface area is 162 Å². The number of carbonyl (C=O) groups is 1. The van der Waals surface area contributed by atoms with Crippen LogP contribution in [0.1, 0.15) is 37.8 Å². The van der Waals surface area contributed by atoms with Crippen molar-refractivity contribution in [1.29, 1.82) is 0 Å². The second-order valence-electron chi connectivity index (χ2n) is 7.33. The average molecular weight is 367 g/mol. The minimum atomic E-state index is -0.0320. The van der Waals surface area contributed by atoms with Gasteiger partial charge in [-0.25, -0.2) is 0 Å². The number of hydrogen-bond donors (Lipinski definition) is 1. The normalized spacial score (nSPS) is 17.8. The van der Waals surface area contributed by atoms with Gasteiger partial charge in [-0.3, -0.25) is 19.6 Å². The fourth-order valence-corrected chi connectivity index (χ4v) is 3.85. The number of likely N-dealkylation sites (N-methyl/N-ethyl adjacent to an activating group) is 1. The summed E-state index contributed by atoms with van der Waals surface area (Å²) in [6, 6.07) is 13.0. The predicted molar refractivity (Wildman–Crippen MR) is 109 cm³/mol. The van der Waals surface area contributed by atoms with Crippen molar-refractivity contribution in [2.45, 2.75) is 45.8 Å². The zero-order valence-corrected chi connectivity index (χ0v) is 16.4. The number of aromatic nitrogens is 1. The molecule has 0 aliphatic carbocycles. The van der Waals surface area contributed by atoms with Gasteiger partial charge in [0.05, 0.1) is 0 Å². The molecular formula is C22H30N4O. The van der Waals surface area contributed by atoms with E-state index >= 15 is 0 Å². The fourth-order valence-electron chi connectivity index (χ4n) is 3.85. The highest BCUT2D eigenvalue weighted by molar-refractivity contribution is 5.88. The third kappa shape index (κ3) is 5.88. The van der Waals surface area contributed by atoms with Crippen molar-refractivity contribution < 1.29 is 4.79 Å². The van der Waals surface area contributed by atoms with Crippen molar-refractivity contribution >= 4 is 11.6 Å². The van der Waals surface area contributed by atoms with Gasteiger partial charge in [0.1, 0.15) is 0 Å². The first kappa shape index (κ1) is 19.5. The molecule has 1 aliphatic heterocycles. The molecule has 3 rings (SSSR count). The topological polar surface area (TPSA) is 48.5 Å². The molecular weight excluding hydrogens is 336 g/mol. The zero-order chi connectivity index (χ0) is 19.1. The van der Waals surface area contributed by atoms with Crippen LogP contribution >= 0.6 is 0 Å². The van der Waals surface area contributed by atoms with E-state index in [0.717, 1.165) is 38.4 Å². The first-order valence-corrected chi connectivity index (χ1v) is 9.86. The Kier molecular flexibility index (Phi) is 6.96. The highest BCUT2D eigenvalue weighted by atomic mass is 16.1. The van der Waals surface area contributed by atoms with Crippen LogP contribution in [-0.2, 0) is 17.9 Å². The molecule has 0 radical (unpaired) electrons. The van der Waals surface area contributed by atoms with Gasteiger partial charge in [0.2, 0.25) is 5.91 Å². The first-order valence-electron chi connectivity index (χ1n) is 9.86. The smallest absolute Gasteiger partial charge is 0.221 e. The molecule has 2 aromatic rings. The van der Waals surface area contributed by atoms with Crippen molar-refractivity contribution in [2.24, 2.45) is 0 Å². The van der Waals surface area contributed by atoms with Crippen LogP contribution in [0, 0.1) is 0 Å². The highest BCUT2D eigenvalue weighted by Gasteiger charge is 2.24. The van der Waals surface area contributed by atoms with E-state index in [1.54, 1.807) is 0 Å². The van der Waals surface area contributed by atoms with Gasteiger partial charge in [-0.1, -0.05) is 19.1 Å². The Morgan fingerprint density at radius 3 is 2.59 bits per heavy atom. The molecule has 1 aromatic heterocycles. The molecule has 5 heteroatoms. The lowest BCUT2D eigenvalue weighted by molar-refractivity contribution is -0.114. The van der Waals surface area contributed by atoms with E-state index in [9.17, 15) is 4.79 Å². The summed E-state index contributed by atoms with van der Waals surface area (Å²) in [5.74, 6) is -0.0320. The number of anilines is 1. The molecule has 0 spiro atoms. The van der Waals surface area contributed by atoms with Crippen LogP contribution < -0.4 is 5.32 Å². The van der Waals surface area contributed by atoms with Crippen LogP contribution in [0.5, 0.6) is 0 Å². The summed E-state index contributed by atoms with van der Waals surface area (Å²) < 4.78 is 0. The third-order valence-electron chi connectivity index (χ3n) is 5.22. The van der Waals surface area contributed by atoms with Crippen LogP contribution in [0.4, 0.5) is 5.69 Å². The lowest BCUT2D eigenvalue weighted by Crippen LogP contribution is -2.47. The lowest BCUT2D eigenvalue weighted by Gasteiger charge is -2.39. The third-order valence-corrected chi connectivity index (χ3v) is 5.22. The van der Waals surface area contributed by atoms with E-state index in [2.05, 4.69) is 51.3 Å². The fraction of sp³-hybridized carbons (Fsp3) is 0.455. The summed E-state index contributed by atoms with van der Waals surface area (Å²) in [6.45, 7) is 9.05. The van der Waals surface area contributed by atoms with Crippen LogP contribution in [0.3, 0.4) is 0 Å². The maximum absolute atomic E-state index is 11.1. The number of carbonyl (C=O) groups excluding carboxylic acids is 1. The number of amides is 1. The molecule has 144 valence electrons.